The van der Waals surface area contributed by atoms with Gasteiger partial charge in [-0.3, -0.25) is 0 Å². The minimum absolute atomic E-state index is 0.290. The molecule has 1 N–H and O–H groups in total. The molecule has 2 aromatic rings. The summed E-state index contributed by atoms with van der Waals surface area (Å²) in [6, 6.07) is 13.0. The normalized spacial score (nSPS) is 12.2. The SMILES string of the molecule is CCC(Nc1c(Br)cc(C)cc1Br)c1ccc(Br)cc1. The van der Waals surface area contributed by atoms with E-state index in [0.717, 1.165) is 25.5 Å². The van der Waals surface area contributed by atoms with Crippen molar-refractivity contribution in [2.75, 3.05) is 5.32 Å². The highest BCUT2D eigenvalue weighted by Gasteiger charge is 2.13. The molecule has 20 heavy (non-hydrogen) atoms. The van der Waals surface area contributed by atoms with E-state index in [9.17, 15) is 0 Å². The second-order valence-corrected chi connectivity index (χ2v) is 7.38. The molecular formula is C16H16Br3N. The number of rotatable bonds is 4. The van der Waals surface area contributed by atoms with Crippen molar-refractivity contribution in [3.63, 3.8) is 0 Å². The lowest BCUT2D eigenvalue weighted by Gasteiger charge is -2.21. The molecule has 1 unspecified atom stereocenters. The highest BCUT2D eigenvalue weighted by Crippen LogP contribution is 2.35. The second-order valence-electron chi connectivity index (χ2n) is 4.76. The molecule has 2 aromatic carbocycles. The smallest absolute Gasteiger partial charge is 0.0634 e. The molecule has 2 rings (SSSR count). The molecule has 106 valence electrons. The Kier molecular flexibility index (Phi) is 5.70. The topological polar surface area (TPSA) is 12.0 Å². The molecule has 0 radical (unpaired) electrons. The fraction of sp³-hybridized carbons (Fsp3) is 0.250. The van der Waals surface area contributed by atoms with E-state index in [-0.39, 0.29) is 0 Å². The van der Waals surface area contributed by atoms with Gasteiger partial charge < -0.3 is 5.32 Å². The molecule has 4 heteroatoms. The van der Waals surface area contributed by atoms with Crippen molar-refractivity contribution in [1.82, 2.24) is 0 Å². The molecule has 1 atom stereocenters. The van der Waals surface area contributed by atoms with Crippen molar-refractivity contribution in [3.8, 4) is 0 Å². The summed E-state index contributed by atoms with van der Waals surface area (Å²) < 4.78 is 3.27. The number of benzene rings is 2. The maximum absolute atomic E-state index is 3.64. The zero-order valence-corrected chi connectivity index (χ0v) is 16.1. The van der Waals surface area contributed by atoms with Crippen molar-refractivity contribution >= 4 is 53.5 Å². The molecule has 0 amide bonds. The van der Waals surface area contributed by atoms with Crippen LogP contribution >= 0.6 is 47.8 Å². The molecule has 0 saturated heterocycles. The minimum atomic E-state index is 0.290. The number of hydrogen-bond donors (Lipinski definition) is 1. The quantitative estimate of drug-likeness (QED) is 0.525. The van der Waals surface area contributed by atoms with E-state index in [1.54, 1.807) is 0 Å². The molecular weight excluding hydrogens is 446 g/mol. The van der Waals surface area contributed by atoms with Crippen LogP contribution in [0.25, 0.3) is 0 Å². The first-order valence-electron chi connectivity index (χ1n) is 6.49. The molecule has 0 spiro atoms. The summed E-state index contributed by atoms with van der Waals surface area (Å²) in [6.07, 6.45) is 1.02. The third kappa shape index (κ3) is 3.86. The van der Waals surface area contributed by atoms with Crippen LogP contribution in [0.15, 0.2) is 49.8 Å². The lowest BCUT2D eigenvalue weighted by Crippen LogP contribution is -2.10. The fourth-order valence-electron chi connectivity index (χ4n) is 2.13. The van der Waals surface area contributed by atoms with E-state index in [1.807, 2.05) is 0 Å². The largest absolute Gasteiger partial charge is 0.376 e. The Morgan fingerprint density at radius 3 is 2.05 bits per heavy atom. The van der Waals surface area contributed by atoms with Gasteiger partial charge in [0.15, 0.2) is 0 Å². The van der Waals surface area contributed by atoms with Gasteiger partial charge in [0.25, 0.3) is 0 Å². The zero-order valence-electron chi connectivity index (χ0n) is 11.4. The minimum Gasteiger partial charge on any atom is -0.376 e. The zero-order chi connectivity index (χ0) is 14.7. The Balaban J connectivity index is 2.29. The van der Waals surface area contributed by atoms with Crippen LogP contribution in [0.1, 0.15) is 30.5 Å². The molecule has 1 nitrogen and oxygen atoms in total. The van der Waals surface area contributed by atoms with Crippen LogP contribution < -0.4 is 5.32 Å². The maximum Gasteiger partial charge on any atom is 0.0634 e. The van der Waals surface area contributed by atoms with Crippen molar-refractivity contribution < 1.29 is 0 Å². The first-order valence-corrected chi connectivity index (χ1v) is 8.86. The van der Waals surface area contributed by atoms with E-state index in [1.165, 1.54) is 11.1 Å². The van der Waals surface area contributed by atoms with Gasteiger partial charge in [-0.15, -0.1) is 0 Å². The van der Waals surface area contributed by atoms with Gasteiger partial charge in [-0.25, -0.2) is 0 Å². The Labute approximate surface area is 145 Å². The Hall–Kier alpha value is -0.320. The van der Waals surface area contributed by atoms with Gasteiger partial charge in [0.1, 0.15) is 0 Å². The van der Waals surface area contributed by atoms with Crippen molar-refractivity contribution in [3.05, 3.63) is 60.9 Å². The summed E-state index contributed by atoms with van der Waals surface area (Å²) >= 11 is 10.8. The van der Waals surface area contributed by atoms with Crippen LogP contribution in [0, 0.1) is 6.92 Å². The van der Waals surface area contributed by atoms with Crippen LogP contribution in [-0.4, -0.2) is 0 Å². The van der Waals surface area contributed by atoms with Crippen LogP contribution in [0.4, 0.5) is 5.69 Å². The van der Waals surface area contributed by atoms with Crippen molar-refractivity contribution in [1.29, 1.82) is 0 Å². The maximum atomic E-state index is 3.64. The van der Waals surface area contributed by atoms with E-state index >= 15 is 0 Å². The van der Waals surface area contributed by atoms with Gasteiger partial charge in [-0.05, 0) is 80.6 Å². The predicted octanol–water partition coefficient (Wildman–Crippen LogP) is 6.85. The first kappa shape index (κ1) is 16.1. The van der Waals surface area contributed by atoms with Gasteiger partial charge in [-0.1, -0.05) is 35.0 Å². The van der Waals surface area contributed by atoms with Gasteiger partial charge in [-0.2, -0.15) is 0 Å². The number of anilines is 1. The van der Waals surface area contributed by atoms with Gasteiger partial charge in [0.05, 0.1) is 11.7 Å². The van der Waals surface area contributed by atoms with Crippen LogP contribution in [0.5, 0.6) is 0 Å². The van der Waals surface area contributed by atoms with Crippen LogP contribution in [0.3, 0.4) is 0 Å². The Morgan fingerprint density at radius 1 is 1.00 bits per heavy atom. The van der Waals surface area contributed by atoms with Crippen molar-refractivity contribution in [2.45, 2.75) is 26.3 Å². The number of aryl methyl sites for hydroxylation is 1. The molecule has 0 bridgehead atoms. The van der Waals surface area contributed by atoms with Gasteiger partial charge in [0, 0.05) is 13.4 Å². The van der Waals surface area contributed by atoms with Gasteiger partial charge in [0.2, 0.25) is 0 Å². The predicted molar refractivity (Wildman–Crippen MR) is 97.4 cm³/mol. The number of nitrogens with one attached hydrogen (secondary N) is 1. The molecule has 0 aliphatic heterocycles. The highest BCUT2D eigenvalue weighted by atomic mass is 79.9. The summed E-state index contributed by atoms with van der Waals surface area (Å²) in [7, 11) is 0. The molecule has 0 saturated carbocycles. The third-order valence-corrected chi connectivity index (χ3v) is 4.97. The molecule has 0 aliphatic rings. The van der Waals surface area contributed by atoms with E-state index in [2.05, 4.69) is 103 Å². The highest BCUT2D eigenvalue weighted by molar-refractivity contribution is 9.11. The summed E-state index contributed by atoms with van der Waals surface area (Å²) in [4.78, 5) is 0. The Morgan fingerprint density at radius 2 is 1.55 bits per heavy atom. The lowest BCUT2D eigenvalue weighted by atomic mass is 10.0. The van der Waals surface area contributed by atoms with Crippen molar-refractivity contribution in [2.24, 2.45) is 0 Å². The molecule has 0 heterocycles. The monoisotopic (exact) mass is 459 g/mol. The summed E-state index contributed by atoms with van der Waals surface area (Å²) in [5.74, 6) is 0. The molecule has 0 aromatic heterocycles. The lowest BCUT2D eigenvalue weighted by molar-refractivity contribution is 0.748. The van der Waals surface area contributed by atoms with E-state index < -0.39 is 0 Å². The average molecular weight is 462 g/mol. The fourth-order valence-corrected chi connectivity index (χ4v) is 4.04. The van der Waals surface area contributed by atoms with Crippen LogP contribution in [-0.2, 0) is 0 Å². The summed E-state index contributed by atoms with van der Waals surface area (Å²) in [5.41, 5.74) is 3.62. The molecule has 0 aliphatic carbocycles. The Bertz CT molecular complexity index is 570. The number of halogens is 3. The van der Waals surface area contributed by atoms with E-state index in [0.29, 0.717) is 6.04 Å². The molecule has 0 fully saturated rings. The van der Waals surface area contributed by atoms with Crippen LogP contribution in [0.2, 0.25) is 0 Å². The first-order chi connectivity index (χ1) is 9.51. The summed E-state index contributed by atoms with van der Waals surface area (Å²) in [5, 5.41) is 3.62. The standard InChI is InChI=1S/C16H16Br3N/c1-3-15(11-4-6-12(17)7-5-11)20-16-13(18)8-10(2)9-14(16)19/h4-9,15,20H,3H2,1-2H3. The summed E-state index contributed by atoms with van der Waals surface area (Å²) in [6.45, 7) is 4.28. The average Bonchev–Trinajstić information content (AvgIpc) is 2.39. The third-order valence-electron chi connectivity index (χ3n) is 3.19. The van der Waals surface area contributed by atoms with E-state index in [4.69, 9.17) is 0 Å². The second kappa shape index (κ2) is 7.10. The number of hydrogen-bond acceptors (Lipinski definition) is 1. The van der Waals surface area contributed by atoms with Gasteiger partial charge >= 0.3 is 0 Å².